The van der Waals surface area contributed by atoms with E-state index in [0.29, 0.717) is 0 Å². The average molecular weight is 869 g/mol. The van der Waals surface area contributed by atoms with Crippen LogP contribution < -0.4 is 24.8 Å². The van der Waals surface area contributed by atoms with Crippen molar-refractivity contribution in [1.29, 1.82) is 0 Å². The smallest absolute Gasteiger partial charge is 0.0132 e. The minimum absolute atomic E-state index is 0. The first-order chi connectivity index (χ1) is 25.6. The molecule has 286 valence electrons. The molecule has 0 saturated carbocycles. The van der Waals surface area contributed by atoms with E-state index in [-0.39, 0.29) is 41.1 Å². The molecule has 0 fully saturated rings. The van der Waals surface area contributed by atoms with Gasteiger partial charge in [-0.1, -0.05) is 181 Å². The van der Waals surface area contributed by atoms with Gasteiger partial charge in [-0.2, -0.15) is 6.07 Å². The number of hydrogen-bond acceptors (Lipinski definition) is 0. The van der Waals surface area contributed by atoms with Crippen molar-refractivity contribution in [3.05, 3.63) is 168 Å². The second-order valence-corrected chi connectivity index (χ2v) is 26.4. The molecule has 0 aliphatic heterocycles. The van der Waals surface area contributed by atoms with Gasteiger partial charge in [-0.15, -0.1) is 68.6 Å². The van der Waals surface area contributed by atoms with E-state index in [2.05, 4.69) is 214 Å². The molecule has 56 heavy (non-hydrogen) atoms. The van der Waals surface area contributed by atoms with Gasteiger partial charge >= 0.3 is 41.9 Å². The first kappa shape index (κ1) is 45.2. The Morgan fingerprint density at radius 1 is 0.500 bits per heavy atom. The molecule has 0 aromatic heterocycles. The van der Waals surface area contributed by atoms with Crippen LogP contribution in [0, 0.1) is 13.8 Å². The summed E-state index contributed by atoms with van der Waals surface area (Å²) in [7, 11) is 0. The van der Waals surface area contributed by atoms with E-state index in [1.165, 1.54) is 88.0 Å². The van der Waals surface area contributed by atoms with Crippen LogP contribution in [0.5, 0.6) is 0 Å². The van der Waals surface area contributed by atoms with Crippen molar-refractivity contribution in [2.24, 2.45) is 0 Å². The van der Waals surface area contributed by atoms with Crippen LogP contribution >= 0.6 is 0 Å². The van der Waals surface area contributed by atoms with Crippen LogP contribution in [0.25, 0.3) is 65.7 Å². The van der Waals surface area contributed by atoms with E-state index in [0.717, 1.165) is 0 Å². The van der Waals surface area contributed by atoms with Gasteiger partial charge in [0.2, 0.25) is 0 Å². The molecule has 4 heteroatoms. The minimum Gasteiger partial charge on any atom is -1.00 e. The van der Waals surface area contributed by atoms with Gasteiger partial charge < -0.3 is 24.8 Å². The number of benzene rings is 6. The summed E-state index contributed by atoms with van der Waals surface area (Å²) >= 11 is 1.74. The van der Waals surface area contributed by atoms with Crippen LogP contribution in [-0.4, -0.2) is 5.43 Å². The fraction of sp³-hybridized carbons (Fsp3) is 0.231. The topological polar surface area (TPSA) is 0 Å². The second-order valence-electron chi connectivity index (χ2n) is 17.0. The summed E-state index contributed by atoms with van der Waals surface area (Å²) in [6, 6.07) is 53.7. The molecule has 0 nitrogen and oxygen atoms in total. The molecule has 0 saturated heterocycles. The summed E-state index contributed by atoms with van der Waals surface area (Å²) in [4.78, 5) is 0. The van der Waals surface area contributed by atoms with Crippen molar-refractivity contribution in [2.75, 3.05) is 0 Å². The molecule has 0 spiro atoms. The van der Waals surface area contributed by atoms with Gasteiger partial charge in [0.1, 0.15) is 0 Å². The zero-order valence-corrected chi connectivity index (χ0v) is 39.6. The molecule has 0 aliphatic rings. The maximum Gasteiger partial charge on any atom is -0.0132 e. The van der Waals surface area contributed by atoms with Gasteiger partial charge in [-0.3, -0.25) is 0 Å². The minimum atomic E-state index is 0. The molecule has 0 heterocycles. The van der Waals surface area contributed by atoms with Gasteiger partial charge in [-0.05, 0) is 43.9 Å². The van der Waals surface area contributed by atoms with Gasteiger partial charge in [0.05, 0.1) is 0 Å². The monoisotopic (exact) mass is 866 g/mol. The molecule has 8 aromatic carbocycles. The first-order valence-electron chi connectivity index (χ1n) is 19.2. The second kappa shape index (κ2) is 18.8. The van der Waals surface area contributed by atoms with Crippen LogP contribution in [-0.2, 0) is 34.2 Å². The number of halogens is 2. The van der Waals surface area contributed by atoms with Crippen LogP contribution in [0.4, 0.5) is 0 Å². The molecular formula is C52H54Cl2SiZr-2. The Morgan fingerprint density at radius 3 is 1.57 bits per heavy atom. The Balaban J connectivity index is 0.000000229. The third kappa shape index (κ3) is 10.5. The average Bonchev–Trinajstić information content (AvgIpc) is 3.75. The number of rotatable bonds is 3. The zero-order valence-electron chi connectivity index (χ0n) is 34.6. The molecule has 0 atom stereocenters. The van der Waals surface area contributed by atoms with Crippen LogP contribution in [0.2, 0.25) is 13.1 Å². The van der Waals surface area contributed by atoms with Crippen molar-refractivity contribution in [3.8, 4) is 33.4 Å². The molecule has 0 unspecified atom stereocenters. The molecule has 0 radical (unpaired) electrons. The molecule has 0 amide bonds. The zero-order chi connectivity index (χ0) is 38.8. The maximum absolute atomic E-state index is 2.35. The Morgan fingerprint density at radius 2 is 1.00 bits per heavy atom. The molecule has 0 bridgehead atoms. The van der Waals surface area contributed by atoms with E-state index < -0.39 is 0 Å². The number of fused-ring (bicyclic) bond motifs is 3. The predicted octanol–water partition coefficient (Wildman–Crippen LogP) is 9.28. The summed E-state index contributed by atoms with van der Waals surface area (Å²) in [6.07, 6.45) is 0. The molecular weight excluding hydrogens is 815 g/mol. The van der Waals surface area contributed by atoms with E-state index in [4.69, 9.17) is 0 Å². The summed E-state index contributed by atoms with van der Waals surface area (Å²) < 4.78 is 0. The van der Waals surface area contributed by atoms with Crippen LogP contribution in [0.3, 0.4) is 0 Å². The fourth-order valence-corrected chi connectivity index (χ4v) is 7.26. The van der Waals surface area contributed by atoms with Gasteiger partial charge in [-0.25, -0.2) is 0 Å². The summed E-state index contributed by atoms with van der Waals surface area (Å²) in [6.45, 7) is 22.5. The summed E-state index contributed by atoms with van der Waals surface area (Å²) in [5.74, 6) is 0. The van der Waals surface area contributed by atoms with Gasteiger partial charge in [0.15, 0.2) is 0 Å². The van der Waals surface area contributed by atoms with E-state index in [1.807, 2.05) is 0 Å². The van der Waals surface area contributed by atoms with E-state index in [9.17, 15) is 0 Å². The normalized spacial score (nSPS) is 11.2. The van der Waals surface area contributed by atoms with E-state index >= 15 is 0 Å². The Hall–Kier alpha value is -3.52. The standard InChI is InChI=1S/C29H25.C21H23.C2H6Si.2ClH.Zr/c1-29(2,3)24-16-14-21(15-17-24)26-12-7-10-22-18-23(19-28(22)26)27-13-6-9-20-8-4-5-11-25(20)27;1-14-12-19-15(2)6-11-18(20(19)13-14)16-7-9-17(10-8-16)21(3,4)5;1-3-2;;;/h4-19H,1-3H3;6-13H,1-5H3;1-2H3;2*1H;/q2*-1;;;;+2/p-2. The van der Waals surface area contributed by atoms with Gasteiger partial charge in [0, 0.05) is 0 Å². The van der Waals surface area contributed by atoms with Crippen molar-refractivity contribution in [2.45, 2.75) is 79.3 Å². The first-order valence-corrected chi connectivity index (χ1v) is 25.4. The number of aryl methyl sites for hydroxylation is 2. The van der Waals surface area contributed by atoms with E-state index in [1.54, 1.807) is 23.3 Å². The van der Waals surface area contributed by atoms with Crippen molar-refractivity contribution < 1.29 is 48.1 Å². The van der Waals surface area contributed by atoms with Crippen molar-refractivity contribution in [1.82, 2.24) is 0 Å². The fourth-order valence-electron chi connectivity index (χ4n) is 7.26. The number of hydrogen-bond donors (Lipinski definition) is 0. The Labute approximate surface area is 363 Å². The maximum atomic E-state index is 2.35. The Bertz CT molecular complexity index is 2550. The third-order valence-electron chi connectivity index (χ3n) is 10.2. The molecule has 8 rings (SSSR count). The third-order valence-corrected chi connectivity index (χ3v) is 10.2. The molecule has 0 N–H and O–H groups in total. The SMILES string of the molecule is CC(C)(C)c1ccc(-c2cccc3[cH-]c(-c4cccc5ccccc45)cc23)cc1.C[Si](C)=[Zr+2].Cc1cc2c(-c3ccc(C(C)(C)C)cc3)ccc(C)c2[cH-]1.[Cl-].[Cl-]. The Kier molecular flexibility index (Phi) is 15.2. The molecule has 0 aliphatic carbocycles. The molecule has 8 aromatic rings. The van der Waals surface area contributed by atoms with Crippen molar-refractivity contribution in [3.63, 3.8) is 0 Å². The van der Waals surface area contributed by atoms with Gasteiger partial charge in [0.25, 0.3) is 0 Å². The van der Waals surface area contributed by atoms with Crippen LogP contribution in [0.15, 0.2) is 146 Å². The predicted molar refractivity (Wildman–Crippen MR) is 237 cm³/mol. The van der Waals surface area contributed by atoms with Crippen molar-refractivity contribution >= 4 is 37.8 Å². The quantitative estimate of drug-likeness (QED) is 0.123. The largest absolute Gasteiger partial charge is 1.00 e. The summed E-state index contributed by atoms with van der Waals surface area (Å²) in [5, 5.41) is 7.96. The summed E-state index contributed by atoms with van der Waals surface area (Å²) in [5.41, 5.74) is 13.8. The van der Waals surface area contributed by atoms with Crippen LogP contribution in [0.1, 0.15) is 63.8 Å².